The second kappa shape index (κ2) is 32.6. The smallest absolute Gasteiger partial charge is 0.333 e. The molecular weight excluding hydrogens is 1470 g/mol. The fraction of sp³-hybridized carbons (Fsp3) is 0.671. The third-order valence-corrected chi connectivity index (χ3v) is 27.2. The van der Waals surface area contributed by atoms with Gasteiger partial charge in [-0.3, -0.25) is 33.6 Å². The van der Waals surface area contributed by atoms with Crippen molar-refractivity contribution in [1.82, 2.24) is 0 Å². The van der Waals surface area contributed by atoms with Crippen LogP contribution in [0.4, 0.5) is 0 Å². The summed E-state index contributed by atoms with van der Waals surface area (Å²) in [5.41, 5.74) is -2.01. The molecule has 7 heterocycles. The van der Waals surface area contributed by atoms with E-state index in [0.717, 1.165) is 76.0 Å². The van der Waals surface area contributed by atoms with Crippen LogP contribution in [0.5, 0.6) is 0 Å². The highest BCUT2D eigenvalue weighted by Gasteiger charge is 2.69. The lowest BCUT2D eigenvalue weighted by Gasteiger charge is -2.43. The number of carbonyl (C=O) groups is 14. The summed E-state index contributed by atoms with van der Waals surface area (Å²) >= 11 is 0. The van der Waals surface area contributed by atoms with Crippen LogP contribution in [-0.4, -0.2) is 168 Å². The topological polar surface area (TPSA) is 368 Å². The zero-order valence-electron chi connectivity index (χ0n) is 66.4. The Labute approximate surface area is 657 Å². The summed E-state index contributed by atoms with van der Waals surface area (Å²) in [6.45, 7) is 43.2. The van der Waals surface area contributed by atoms with Gasteiger partial charge in [0.25, 0.3) is 0 Å². The molecule has 28 heteroatoms. The molecule has 0 amide bonds. The van der Waals surface area contributed by atoms with Crippen molar-refractivity contribution in [3.8, 4) is 0 Å². The van der Waals surface area contributed by atoms with Gasteiger partial charge in [-0.05, 0) is 164 Å². The summed E-state index contributed by atoms with van der Waals surface area (Å²) in [6, 6.07) is 0. The van der Waals surface area contributed by atoms with Gasteiger partial charge in [-0.15, -0.1) is 0 Å². The number of hydrogen-bond acceptors (Lipinski definition) is 28. The summed E-state index contributed by atoms with van der Waals surface area (Å²) < 4.78 is 74.2. The number of carbonyl (C=O) groups excluding carboxylic acids is 14. The van der Waals surface area contributed by atoms with Gasteiger partial charge in [-0.25, -0.2) is 33.6 Å². The molecule has 7 aliphatic heterocycles. The van der Waals surface area contributed by atoms with Gasteiger partial charge in [-0.2, -0.15) is 0 Å². The molecule has 0 N–H and O–H groups in total. The Morgan fingerprint density at radius 3 is 1.48 bits per heavy atom. The van der Waals surface area contributed by atoms with Crippen molar-refractivity contribution in [1.29, 1.82) is 0 Å². The third kappa shape index (κ3) is 16.9. The van der Waals surface area contributed by atoms with Crippen molar-refractivity contribution in [2.24, 2.45) is 88.3 Å². The molecule has 17 fully saturated rings. The van der Waals surface area contributed by atoms with Crippen LogP contribution >= 0.6 is 0 Å². The summed E-state index contributed by atoms with van der Waals surface area (Å²) in [7, 11) is 0. The Balaban J connectivity index is 0.000000130. The molecule has 10 saturated carbocycles. The lowest BCUT2D eigenvalue weighted by molar-refractivity contribution is -0.194. The number of rotatable bonds is 14. The highest BCUT2D eigenvalue weighted by molar-refractivity contribution is 5.90. The molecule has 0 spiro atoms. The molecule has 27 unspecified atom stereocenters. The third-order valence-electron chi connectivity index (χ3n) is 27.2. The van der Waals surface area contributed by atoms with E-state index in [2.05, 4.69) is 53.0 Å². The van der Waals surface area contributed by atoms with Crippen LogP contribution in [0, 0.1) is 88.3 Å². The molecule has 28 nitrogen and oxygen atoms in total. The van der Waals surface area contributed by atoms with E-state index in [-0.39, 0.29) is 161 Å². The van der Waals surface area contributed by atoms with Crippen molar-refractivity contribution in [2.45, 2.75) is 256 Å². The maximum Gasteiger partial charge on any atom is 0.333 e. The van der Waals surface area contributed by atoms with Crippen molar-refractivity contribution >= 4 is 83.6 Å². The van der Waals surface area contributed by atoms with E-state index in [1.807, 2.05) is 34.6 Å². The normalized spacial score (nSPS) is 40.8. The number of hydrogen-bond donors (Lipinski definition) is 0. The Kier molecular flexibility index (Phi) is 24.4. The van der Waals surface area contributed by atoms with Crippen LogP contribution in [0.2, 0.25) is 0 Å². The van der Waals surface area contributed by atoms with E-state index in [9.17, 15) is 67.1 Å². The first-order valence-electron chi connectivity index (χ1n) is 39.4. The second-order valence-corrected chi connectivity index (χ2v) is 35.2. The predicted octanol–water partition coefficient (Wildman–Crippen LogP) is 9.63. The van der Waals surface area contributed by atoms with Gasteiger partial charge < -0.3 is 66.3 Å². The Hall–Kier alpha value is -9.24. The van der Waals surface area contributed by atoms with Gasteiger partial charge in [0.15, 0.2) is 0 Å². The molecule has 0 aromatic rings. The maximum atomic E-state index is 11.7. The molecule has 616 valence electrons. The first-order valence-corrected chi connectivity index (χ1v) is 39.4. The quantitative estimate of drug-likeness (QED) is 0.0886. The highest BCUT2D eigenvalue weighted by Crippen LogP contribution is 2.63. The minimum atomic E-state index is -0.744. The summed E-state index contributed by atoms with van der Waals surface area (Å²) in [5, 5.41) is 0. The summed E-state index contributed by atoms with van der Waals surface area (Å²) in [6.07, 6.45) is 15.5. The fourth-order valence-electron chi connectivity index (χ4n) is 20.6. The average Bonchev–Trinajstić information content (AvgIpc) is 1.54. The fourth-order valence-corrected chi connectivity index (χ4v) is 20.6. The van der Waals surface area contributed by atoms with Gasteiger partial charge in [-0.1, -0.05) is 53.0 Å². The average molecular weight is 1580 g/mol. The van der Waals surface area contributed by atoms with Gasteiger partial charge in [0.1, 0.15) is 70.7 Å². The van der Waals surface area contributed by atoms with Gasteiger partial charge in [0.05, 0.1) is 54.6 Å². The van der Waals surface area contributed by atoms with E-state index in [1.165, 1.54) is 0 Å². The van der Waals surface area contributed by atoms with E-state index in [4.69, 9.17) is 66.3 Å². The van der Waals surface area contributed by atoms with E-state index < -0.39 is 57.9 Å². The molecule has 7 saturated heterocycles. The van der Waals surface area contributed by atoms with E-state index in [0.29, 0.717) is 117 Å². The van der Waals surface area contributed by atoms with Crippen LogP contribution in [0.25, 0.3) is 0 Å². The first-order chi connectivity index (χ1) is 53.0. The van der Waals surface area contributed by atoms with Crippen molar-refractivity contribution in [3.05, 3.63) is 86.6 Å². The lowest BCUT2D eigenvalue weighted by Crippen LogP contribution is -2.54. The molecule has 0 aromatic carbocycles. The molecule has 17 aliphatic rings. The van der Waals surface area contributed by atoms with Crippen LogP contribution < -0.4 is 0 Å². The molecule has 0 radical (unpaired) electrons. The predicted molar refractivity (Wildman–Crippen MR) is 393 cm³/mol. The van der Waals surface area contributed by atoms with Gasteiger partial charge in [0, 0.05) is 101 Å². The Bertz CT molecular complexity index is 3990. The second-order valence-electron chi connectivity index (χ2n) is 35.2. The Morgan fingerprint density at radius 1 is 0.407 bits per heavy atom. The monoisotopic (exact) mass is 1580 g/mol. The first kappa shape index (κ1) is 84.7. The zero-order valence-corrected chi connectivity index (χ0v) is 66.4. The lowest BCUT2D eigenvalue weighted by atomic mass is 9.71. The van der Waals surface area contributed by atoms with Crippen LogP contribution in [-0.2, 0) is 133 Å². The number of ether oxygens (including phenoxy) is 14. The van der Waals surface area contributed by atoms with Crippen molar-refractivity contribution < 1.29 is 133 Å². The minimum absolute atomic E-state index is 0.00946. The molecule has 14 bridgehead atoms. The van der Waals surface area contributed by atoms with E-state index >= 15 is 0 Å². The largest absolute Gasteiger partial charge is 0.465 e. The highest BCUT2D eigenvalue weighted by atomic mass is 16.6. The molecule has 17 rings (SSSR count). The summed E-state index contributed by atoms with van der Waals surface area (Å²) in [5.74, 6) is -1.50. The standard InChI is InChI=1S/2C13H16O4.C13H18O4.C12H14O4.2C12H16O4.C10H12O4/c1-6(2)12(14)17-10-4-7-3-8(10)9-5-16-13(15)11(7)9;1-6(2)12(14)17-10-4-7-3-8(10)11-9(7)5-16-13(11)15;1-8(2)10(14)16-12(3)6-5-9-7-13(12,4)17-11(9)15;1-3-8(13)15-10-9-6-4-12(10,2)5-7(6)11(14)16-9;1-7(2)10(13)15-9-5-4-8-6-12(9,3)16-11(8)14;1-4-9(13)15-11(2)6-5-8-7-12(11,3)16-10(8)14;1-2-9(11)13-7-4-3-6-5-8(7)14-10(6)12/h2*7-11H,1,3-5H2,2H3;9H,1,5-7H2,2-4H3;3,6-7,9-10H,1,4-5H2,2H3;8-9H,1,4-6H2,2-3H3;4,8H,1,5-7H2,2-3H3;2,6-8H,1,3-5H2. The molecule has 27 atom stereocenters. The van der Waals surface area contributed by atoms with Crippen LogP contribution in [0.15, 0.2) is 86.6 Å². The minimum Gasteiger partial charge on any atom is -0.465 e. The number of esters is 14. The molecule has 10 aliphatic carbocycles. The SMILES string of the molecule is C=C(C)C(=O)OC1(C)CCC2CC1(C)OC2=O.C=C(C)C(=O)OC1CC2CC1C1C(=O)OCC21.C=C(C)C(=O)OC1CC2CC1C1COC(=O)C21.C=C(C)C(=O)OC1CCC2CC1(C)OC2=O.C=CC(=O)OC1(C)CCC2CC1(C)OC2=O.C=CC(=O)OC1C2OC(=O)C3CC1(C)CC32.C=CC(=O)OC1CCC2CC1OC2=O. The van der Waals surface area contributed by atoms with Crippen LogP contribution in [0.3, 0.4) is 0 Å². The molecule has 113 heavy (non-hydrogen) atoms. The number of fused-ring (bicyclic) bond motifs is 19. The van der Waals surface area contributed by atoms with Crippen molar-refractivity contribution in [3.63, 3.8) is 0 Å². The van der Waals surface area contributed by atoms with Gasteiger partial charge in [0.2, 0.25) is 0 Å². The number of cyclic esters (lactones) is 2. The van der Waals surface area contributed by atoms with Crippen LogP contribution in [0.1, 0.15) is 185 Å². The molecule has 0 aromatic heterocycles. The van der Waals surface area contributed by atoms with E-state index in [1.54, 1.807) is 27.7 Å². The van der Waals surface area contributed by atoms with Crippen molar-refractivity contribution in [2.75, 3.05) is 13.2 Å². The summed E-state index contributed by atoms with van der Waals surface area (Å²) in [4.78, 5) is 160. The Morgan fingerprint density at radius 2 is 0.903 bits per heavy atom. The molecular formula is C85H108O28. The maximum absolute atomic E-state index is 11.7. The van der Waals surface area contributed by atoms with Gasteiger partial charge >= 0.3 is 83.6 Å². The zero-order chi connectivity index (χ0) is 82.7.